The maximum atomic E-state index is 10.3. The summed E-state index contributed by atoms with van der Waals surface area (Å²) in [5.41, 5.74) is 2.32. The molecule has 3 heteroatoms. The number of rotatable bonds is 6. The van der Waals surface area contributed by atoms with Crippen LogP contribution in [0.1, 0.15) is 19.0 Å². The zero-order chi connectivity index (χ0) is 12.6. The Bertz CT molecular complexity index is 486. The van der Waals surface area contributed by atoms with Crippen molar-refractivity contribution < 1.29 is 29.8 Å². The zero-order valence-corrected chi connectivity index (χ0v) is 11.2. The molecule has 0 spiro atoms. The summed E-state index contributed by atoms with van der Waals surface area (Å²) in [5.74, 6) is 0.855. The predicted octanol–water partition coefficient (Wildman–Crippen LogP) is 0.514. The van der Waals surface area contributed by atoms with Crippen LogP contribution in [0.2, 0.25) is 0 Å². The number of carbonyl (C=O) groups is 1. The summed E-state index contributed by atoms with van der Waals surface area (Å²) < 4.78 is 5.68. The molecule has 0 atom stereocenters. The molecule has 0 aliphatic rings. The molecular weight excluding hydrogens is 231 g/mol. The molecule has 0 N–H and O–H groups in total. The minimum absolute atomic E-state index is 0. The van der Waals surface area contributed by atoms with E-state index in [9.17, 15) is 4.79 Å². The topological polar surface area (TPSA) is 26.3 Å². The van der Waals surface area contributed by atoms with Gasteiger partial charge in [0, 0.05) is 6.42 Å². The molecule has 0 aromatic heterocycles. The van der Waals surface area contributed by atoms with Gasteiger partial charge >= 0.3 is 18.9 Å². The summed E-state index contributed by atoms with van der Waals surface area (Å²) in [6.45, 7) is 0.578. The van der Waals surface area contributed by atoms with Gasteiger partial charge in [0.05, 0.1) is 0 Å². The summed E-state index contributed by atoms with van der Waals surface area (Å²) in [5, 5.41) is 0. The Balaban J connectivity index is 0.00000180. The van der Waals surface area contributed by atoms with Crippen LogP contribution in [0.25, 0.3) is 0 Å². The summed E-state index contributed by atoms with van der Waals surface area (Å²) >= 11 is 0. The third-order valence-electron chi connectivity index (χ3n) is 2.72. The van der Waals surface area contributed by atoms with Crippen molar-refractivity contribution in [2.75, 3.05) is 0 Å². The van der Waals surface area contributed by atoms with E-state index in [1.807, 2.05) is 54.6 Å². The van der Waals surface area contributed by atoms with E-state index in [1.165, 1.54) is 0 Å². The molecule has 0 bridgehead atoms. The maximum Gasteiger partial charge on any atom is 1.00 e. The third-order valence-corrected chi connectivity index (χ3v) is 2.72. The van der Waals surface area contributed by atoms with Gasteiger partial charge in [-0.3, -0.25) is 0 Å². The first kappa shape index (κ1) is 15.6. The number of hydrogen-bond acceptors (Lipinski definition) is 2. The molecule has 0 radical (unpaired) electrons. The van der Waals surface area contributed by atoms with Gasteiger partial charge in [0.15, 0.2) is 0 Å². The van der Waals surface area contributed by atoms with Gasteiger partial charge in [-0.15, -0.1) is 0 Å². The Morgan fingerprint density at radius 1 is 0.947 bits per heavy atom. The van der Waals surface area contributed by atoms with Gasteiger partial charge in [0.1, 0.15) is 18.6 Å². The van der Waals surface area contributed by atoms with Gasteiger partial charge in [-0.25, -0.2) is 0 Å². The van der Waals surface area contributed by atoms with E-state index in [4.69, 9.17) is 4.74 Å². The van der Waals surface area contributed by atoms with Crippen molar-refractivity contribution in [2.45, 2.75) is 19.4 Å². The first-order valence-corrected chi connectivity index (χ1v) is 6.08. The Morgan fingerprint density at radius 2 is 1.63 bits per heavy atom. The maximum absolute atomic E-state index is 10.3. The van der Waals surface area contributed by atoms with E-state index >= 15 is 0 Å². The van der Waals surface area contributed by atoms with Gasteiger partial charge in [0.25, 0.3) is 0 Å². The second kappa shape index (κ2) is 8.58. The Hall–Kier alpha value is -1.49. The van der Waals surface area contributed by atoms with E-state index in [0.717, 1.165) is 29.6 Å². The normalized spacial score (nSPS) is 9.47. The Morgan fingerprint density at radius 3 is 2.26 bits per heavy atom. The average molecular weight is 248 g/mol. The van der Waals surface area contributed by atoms with Gasteiger partial charge in [0.2, 0.25) is 0 Å². The van der Waals surface area contributed by atoms with Gasteiger partial charge in [-0.1, -0.05) is 42.5 Å². The number of hydrogen-bond donors (Lipinski definition) is 0. The van der Waals surface area contributed by atoms with E-state index in [0.29, 0.717) is 13.0 Å². The smallest absolute Gasteiger partial charge is 1.00 e. The molecule has 0 aliphatic heterocycles. The fourth-order valence-electron chi connectivity index (χ4n) is 1.72. The van der Waals surface area contributed by atoms with Crippen LogP contribution in [-0.4, -0.2) is 6.29 Å². The standard InChI is InChI=1S/C16H16O2.Li.H/c17-12-4-7-14-8-10-16(11-9-14)18-13-15-5-2-1-3-6-15;;/h1-3,5-6,8-12H,4,7,13H2;;/q;+1;-1. The van der Waals surface area contributed by atoms with Crippen LogP contribution in [-0.2, 0) is 17.8 Å². The molecular formula is C16H17LiO2. The number of carbonyl (C=O) groups excluding carboxylic acids is 1. The van der Waals surface area contributed by atoms with Crippen LogP contribution in [0.5, 0.6) is 5.75 Å². The van der Waals surface area contributed by atoms with E-state index in [-0.39, 0.29) is 20.3 Å². The number of aldehydes is 1. The molecule has 0 amide bonds. The SMILES string of the molecule is O=CCCc1ccc(OCc2ccccc2)cc1.[H-].[Li+]. The van der Waals surface area contributed by atoms with Gasteiger partial charge in [-0.2, -0.15) is 0 Å². The molecule has 94 valence electrons. The summed E-state index contributed by atoms with van der Waals surface area (Å²) in [6.07, 6.45) is 2.31. The molecule has 2 aromatic rings. The van der Waals surface area contributed by atoms with Crippen molar-refractivity contribution in [3.63, 3.8) is 0 Å². The van der Waals surface area contributed by atoms with E-state index < -0.39 is 0 Å². The van der Waals surface area contributed by atoms with Crippen LogP contribution in [0, 0.1) is 0 Å². The molecule has 0 fully saturated rings. The molecule has 2 rings (SSSR count). The second-order valence-electron chi connectivity index (χ2n) is 4.12. The fourth-order valence-corrected chi connectivity index (χ4v) is 1.72. The quantitative estimate of drug-likeness (QED) is 0.550. The van der Waals surface area contributed by atoms with Crippen molar-refractivity contribution in [2.24, 2.45) is 0 Å². The number of ether oxygens (including phenoxy) is 1. The molecule has 0 unspecified atom stereocenters. The van der Waals surface area contributed by atoms with Crippen LogP contribution in [0.4, 0.5) is 0 Å². The zero-order valence-electron chi connectivity index (χ0n) is 12.2. The summed E-state index contributed by atoms with van der Waals surface area (Å²) in [7, 11) is 0. The van der Waals surface area contributed by atoms with Crippen LogP contribution < -0.4 is 23.6 Å². The van der Waals surface area contributed by atoms with E-state index in [1.54, 1.807) is 0 Å². The molecule has 19 heavy (non-hydrogen) atoms. The molecule has 0 saturated heterocycles. The van der Waals surface area contributed by atoms with Crippen LogP contribution in [0.3, 0.4) is 0 Å². The van der Waals surface area contributed by atoms with Crippen molar-refractivity contribution in [1.82, 2.24) is 0 Å². The van der Waals surface area contributed by atoms with Gasteiger partial charge in [-0.05, 0) is 29.7 Å². The molecule has 0 saturated carbocycles. The fraction of sp³-hybridized carbons (Fsp3) is 0.188. The molecule has 0 heterocycles. The van der Waals surface area contributed by atoms with Crippen molar-refractivity contribution in [3.8, 4) is 5.75 Å². The number of benzene rings is 2. The minimum Gasteiger partial charge on any atom is -1.00 e. The van der Waals surface area contributed by atoms with Crippen LogP contribution in [0.15, 0.2) is 54.6 Å². The third kappa shape index (κ3) is 5.34. The van der Waals surface area contributed by atoms with Crippen molar-refractivity contribution >= 4 is 6.29 Å². The first-order chi connectivity index (χ1) is 8.88. The molecule has 2 nitrogen and oxygen atoms in total. The number of aryl methyl sites for hydroxylation is 1. The summed E-state index contributed by atoms with van der Waals surface area (Å²) in [6, 6.07) is 18.0. The molecule has 0 aliphatic carbocycles. The largest absolute Gasteiger partial charge is 1.00 e. The summed E-state index contributed by atoms with van der Waals surface area (Å²) in [4.78, 5) is 10.3. The Kier molecular flexibility index (Phi) is 7.03. The predicted molar refractivity (Wildman–Crippen MR) is 72.7 cm³/mol. The van der Waals surface area contributed by atoms with Gasteiger partial charge < -0.3 is 11.0 Å². The van der Waals surface area contributed by atoms with Crippen molar-refractivity contribution in [1.29, 1.82) is 0 Å². The minimum atomic E-state index is 0. The van der Waals surface area contributed by atoms with Crippen LogP contribution >= 0.6 is 0 Å². The Labute approximate surface area is 127 Å². The van der Waals surface area contributed by atoms with E-state index in [2.05, 4.69) is 0 Å². The average Bonchev–Trinajstić information content (AvgIpc) is 2.45. The first-order valence-electron chi connectivity index (χ1n) is 6.08. The monoisotopic (exact) mass is 248 g/mol. The van der Waals surface area contributed by atoms with Crippen molar-refractivity contribution in [3.05, 3.63) is 65.7 Å². The molecule has 2 aromatic carbocycles. The second-order valence-corrected chi connectivity index (χ2v) is 4.12.